The highest BCUT2D eigenvalue weighted by Gasteiger charge is 2.07. The summed E-state index contributed by atoms with van der Waals surface area (Å²) in [6.45, 7) is 4.59. The van der Waals surface area contributed by atoms with Crippen molar-refractivity contribution in [2.75, 3.05) is 0 Å². The monoisotopic (exact) mass is 226 g/mol. The Morgan fingerprint density at radius 2 is 1.69 bits per heavy atom. The van der Waals surface area contributed by atoms with Crippen molar-refractivity contribution in [2.24, 2.45) is 0 Å². The molecule has 0 nitrogen and oxygen atoms in total. The molecule has 0 saturated carbocycles. The van der Waals surface area contributed by atoms with Crippen LogP contribution in [0.2, 0.25) is 6.55 Å². The minimum absolute atomic E-state index is 0.808. The van der Waals surface area contributed by atoms with Crippen molar-refractivity contribution >= 4 is 14.0 Å². The second kappa shape index (κ2) is 5.13. The Hall–Kier alpha value is -1.34. The Kier molecular flexibility index (Phi) is 3.57. The molecule has 0 aromatic heterocycles. The Labute approximate surface area is 99.6 Å². The first-order valence-electron chi connectivity index (χ1n) is 5.86. The van der Waals surface area contributed by atoms with Crippen LogP contribution in [0.4, 0.5) is 0 Å². The van der Waals surface area contributed by atoms with Crippen molar-refractivity contribution in [3.63, 3.8) is 0 Å². The molecule has 2 rings (SSSR count). The molecule has 2 aromatic rings. The lowest BCUT2D eigenvalue weighted by atomic mass is 10.2. The van der Waals surface area contributed by atoms with Gasteiger partial charge in [-0.15, -0.1) is 0 Å². The van der Waals surface area contributed by atoms with Gasteiger partial charge in [-0.1, -0.05) is 77.5 Å². The molecule has 0 bridgehead atoms. The standard InChI is InChI=1S/C15H18Si/c1-13-7-6-8-14(11-13)12-16(2)15-9-4-3-5-10-15/h3-11,16H,12H2,1-2H3. The maximum Gasteiger partial charge on any atom is 0.0720 e. The third-order valence-corrected chi connectivity index (χ3v) is 5.60. The summed E-state index contributed by atoms with van der Waals surface area (Å²) >= 11 is 0. The van der Waals surface area contributed by atoms with Crippen LogP contribution in [0, 0.1) is 6.92 Å². The third kappa shape index (κ3) is 2.83. The zero-order chi connectivity index (χ0) is 11.4. The molecule has 0 spiro atoms. The van der Waals surface area contributed by atoms with Gasteiger partial charge in [-0.2, -0.15) is 0 Å². The quantitative estimate of drug-likeness (QED) is 0.706. The van der Waals surface area contributed by atoms with Gasteiger partial charge >= 0.3 is 0 Å². The van der Waals surface area contributed by atoms with Gasteiger partial charge in [0.1, 0.15) is 0 Å². The molecule has 1 unspecified atom stereocenters. The van der Waals surface area contributed by atoms with Gasteiger partial charge in [0.2, 0.25) is 0 Å². The molecule has 82 valence electrons. The first kappa shape index (κ1) is 11.2. The van der Waals surface area contributed by atoms with Crippen molar-refractivity contribution in [3.8, 4) is 0 Å². The van der Waals surface area contributed by atoms with Crippen LogP contribution in [-0.4, -0.2) is 8.80 Å². The highest BCUT2D eigenvalue weighted by atomic mass is 28.3. The van der Waals surface area contributed by atoms with E-state index in [1.165, 1.54) is 17.2 Å². The molecule has 0 N–H and O–H groups in total. The molecule has 0 saturated heterocycles. The Morgan fingerprint density at radius 1 is 0.938 bits per heavy atom. The molecule has 1 atom stereocenters. The average Bonchev–Trinajstić information content (AvgIpc) is 2.30. The minimum Gasteiger partial charge on any atom is -0.0678 e. The van der Waals surface area contributed by atoms with E-state index in [-0.39, 0.29) is 0 Å². The van der Waals surface area contributed by atoms with Gasteiger partial charge in [-0.25, -0.2) is 0 Å². The van der Waals surface area contributed by atoms with E-state index in [4.69, 9.17) is 0 Å². The fourth-order valence-corrected chi connectivity index (χ4v) is 4.17. The summed E-state index contributed by atoms with van der Waals surface area (Å²) in [7, 11) is -0.808. The normalized spacial score (nSPS) is 12.4. The van der Waals surface area contributed by atoms with Crippen LogP contribution in [0.15, 0.2) is 54.6 Å². The lowest BCUT2D eigenvalue weighted by Gasteiger charge is -2.10. The largest absolute Gasteiger partial charge is 0.0720 e. The van der Waals surface area contributed by atoms with Gasteiger partial charge in [0.25, 0.3) is 0 Å². The van der Waals surface area contributed by atoms with Gasteiger partial charge in [0.15, 0.2) is 0 Å². The molecule has 0 aliphatic rings. The van der Waals surface area contributed by atoms with Crippen LogP contribution in [0.5, 0.6) is 0 Å². The van der Waals surface area contributed by atoms with Crippen LogP contribution in [-0.2, 0) is 6.04 Å². The number of rotatable bonds is 3. The maximum absolute atomic E-state index is 2.43. The van der Waals surface area contributed by atoms with Gasteiger partial charge in [0, 0.05) is 0 Å². The molecule has 2 aromatic carbocycles. The summed E-state index contributed by atoms with van der Waals surface area (Å²) in [4.78, 5) is 0. The van der Waals surface area contributed by atoms with E-state index in [1.54, 1.807) is 5.19 Å². The van der Waals surface area contributed by atoms with Gasteiger partial charge in [-0.3, -0.25) is 0 Å². The summed E-state index contributed by atoms with van der Waals surface area (Å²) in [6.07, 6.45) is 0. The van der Waals surface area contributed by atoms with Gasteiger partial charge in [-0.05, 0) is 13.0 Å². The van der Waals surface area contributed by atoms with E-state index in [2.05, 4.69) is 68.1 Å². The van der Waals surface area contributed by atoms with E-state index >= 15 is 0 Å². The second-order valence-corrected chi connectivity index (χ2v) is 7.38. The number of aryl methyl sites for hydroxylation is 1. The SMILES string of the molecule is Cc1cccc(C[SiH](C)c2ccccc2)c1. The van der Waals surface area contributed by atoms with Crippen molar-refractivity contribution in [3.05, 3.63) is 65.7 Å². The first-order valence-corrected chi connectivity index (χ1v) is 8.41. The van der Waals surface area contributed by atoms with Crippen LogP contribution < -0.4 is 5.19 Å². The van der Waals surface area contributed by atoms with Crippen molar-refractivity contribution in [2.45, 2.75) is 19.5 Å². The van der Waals surface area contributed by atoms with Crippen LogP contribution >= 0.6 is 0 Å². The molecule has 0 radical (unpaired) electrons. The predicted molar refractivity (Wildman–Crippen MR) is 74.0 cm³/mol. The topological polar surface area (TPSA) is 0 Å². The lowest BCUT2D eigenvalue weighted by molar-refractivity contribution is 1.32. The van der Waals surface area contributed by atoms with E-state index in [9.17, 15) is 0 Å². The first-order chi connectivity index (χ1) is 7.75. The fraction of sp³-hybridized carbons (Fsp3) is 0.200. The highest BCUT2D eigenvalue weighted by molar-refractivity contribution is 6.71. The summed E-state index contributed by atoms with van der Waals surface area (Å²) in [6, 6.07) is 21.1. The predicted octanol–water partition coefficient (Wildman–Crippen LogP) is 2.84. The lowest BCUT2D eigenvalue weighted by Crippen LogP contribution is -2.28. The van der Waals surface area contributed by atoms with E-state index in [0.29, 0.717) is 0 Å². The van der Waals surface area contributed by atoms with E-state index in [0.717, 1.165) is 0 Å². The molecule has 1 heteroatoms. The van der Waals surface area contributed by atoms with Crippen LogP contribution in [0.3, 0.4) is 0 Å². The van der Waals surface area contributed by atoms with Crippen molar-refractivity contribution in [1.29, 1.82) is 0 Å². The van der Waals surface area contributed by atoms with Gasteiger partial charge < -0.3 is 0 Å². The summed E-state index contributed by atoms with van der Waals surface area (Å²) in [5.41, 5.74) is 2.86. The Bertz CT molecular complexity index is 448. The van der Waals surface area contributed by atoms with E-state index in [1.807, 2.05) is 0 Å². The maximum atomic E-state index is 2.43. The number of benzene rings is 2. The summed E-state index contributed by atoms with van der Waals surface area (Å²) in [5.74, 6) is 0. The number of hydrogen-bond acceptors (Lipinski definition) is 0. The molecule has 0 fully saturated rings. The van der Waals surface area contributed by atoms with Crippen molar-refractivity contribution in [1.82, 2.24) is 0 Å². The fourth-order valence-electron chi connectivity index (χ4n) is 2.09. The second-order valence-electron chi connectivity index (χ2n) is 4.50. The molecule has 0 aliphatic carbocycles. The third-order valence-electron chi connectivity index (χ3n) is 2.99. The van der Waals surface area contributed by atoms with E-state index < -0.39 is 8.80 Å². The number of hydrogen-bond donors (Lipinski definition) is 0. The zero-order valence-corrected chi connectivity index (χ0v) is 11.1. The minimum atomic E-state index is -0.808. The smallest absolute Gasteiger partial charge is 0.0678 e. The van der Waals surface area contributed by atoms with Crippen LogP contribution in [0.25, 0.3) is 0 Å². The molecule has 0 aliphatic heterocycles. The highest BCUT2D eigenvalue weighted by Crippen LogP contribution is 2.06. The molecule has 0 heterocycles. The Morgan fingerprint density at radius 3 is 2.38 bits per heavy atom. The van der Waals surface area contributed by atoms with Crippen molar-refractivity contribution < 1.29 is 0 Å². The van der Waals surface area contributed by atoms with Crippen LogP contribution in [0.1, 0.15) is 11.1 Å². The molecular formula is C15H18Si. The summed E-state index contributed by atoms with van der Waals surface area (Å²) < 4.78 is 0. The summed E-state index contributed by atoms with van der Waals surface area (Å²) in [5, 5.41) is 1.56. The zero-order valence-electron chi connectivity index (χ0n) is 9.98. The Balaban J connectivity index is 2.11. The van der Waals surface area contributed by atoms with Gasteiger partial charge in [0.05, 0.1) is 8.80 Å². The molecule has 0 amide bonds. The average molecular weight is 226 g/mol. The molecule has 16 heavy (non-hydrogen) atoms. The molecular weight excluding hydrogens is 208 g/mol.